The molecule has 0 spiro atoms. The van der Waals surface area contributed by atoms with E-state index in [9.17, 15) is 0 Å². The van der Waals surface area contributed by atoms with Crippen LogP contribution in [0.25, 0.3) is 0 Å². The lowest BCUT2D eigenvalue weighted by atomic mass is 10.4. The lowest BCUT2D eigenvalue weighted by molar-refractivity contribution is 0.134. The molecule has 0 aromatic rings. The molecule has 0 N–H and O–H groups in total. The van der Waals surface area contributed by atoms with Gasteiger partial charge in [-0.05, 0) is 12.8 Å². The van der Waals surface area contributed by atoms with Crippen molar-refractivity contribution < 1.29 is 4.74 Å². The van der Waals surface area contributed by atoms with E-state index in [1.54, 1.807) is 0 Å². The molecule has 1 atom stereocenters. The van der Waals surface area contributed by atoms with Crippen molar-refractivity contribution in [3.8, 4) is 0 Å². The number of hydrogen-bond acceptors (Lipinski definition) is 2. The summed E-state index contributed by atoms with van der Waals surface area (Å²) in [5, 5.41) is 0.946. The molecule has 0 bridgehead atoms. The highest BCUT2D eigenvalue weighted by Crippen LogP contribution is 2.32. The summed E-state index contributed by atoms with van der Waals surface area (Å²) in [5.41, 5.74) is 0. The van der Waals surface area contributed by atoms with Crippen molar-refractivity contribution in [3.63, 3.8) is 0 Å². The molecule has 1 saturated heterocycles. The molecule has 1 rings (SSSR count). The molecule has 2 heteroatoms. The van der Waals surface area contributed by atoms with Crippen LogP contribution in [0.5, 0.6) is 0 Å². The largest absolute Gasteiger partial charge is 0.381 e. The molecule has 0 aliphatic carbocycles. The maximum absolute atomic E-state index is 5.32. The zero-order valence-electron chi connectivity index (χ0n) is 5.93. The predicted octanol–water partition coefficient (Wildman–Crippen LogP) is 1.92. The summed E-state index contributed by atoms with van der Waals surface area (Å²) < 4.78 is 5.32. The molecule has 1 fully saturated rings. The molecular formula is C7H14OS. The standard InChI is InChI=1S/C7H14OS/c1-2-4-8-5-3-7-6-9-7/h7H,2-6H2,1H3. The predicted molar refractivity (Wildman–Crippen MR) is 42.0 cm³/mol. The summed E-state index contributed by atoms with van der Waals surface area (Å²) in [5.74, 6) is 1.37. The van der Waals surface area contributed by atoms with Gasteiger partial charge in [-0.3, -0.25) is 0 Å². The Hall–Kier alpha value is 0.310. The van der Waals surface area contributed by atoms with Gasteiger partial charge < -0.3 is 4.74 Å². The van der Waals surface area contributed by atoms with Gasteiger partial charge >= 0.3 is 0 Å². The van der Waals surface area contributed by atoms with Crippen LogP contribution >= 0.6 is 11.8 Å². The highest BCUT2D eigenvalue weighted by atomic mass is 32.2. The van der Waals surface area contributed by atoms with Gasteiger partial charge in [-0.15, -0.1) is 0 Å². The van der Waals surface area contributed by atoms with Crippen LogP contribution in [0.4, 0.5) is 0 Å². The maximum Gasteiger partial charge on any atom is 0.0476 e. The van der Waals surface area contributed by atoms with E-state index in [-0.39, 0.29) is 0 Å². The van der Waals surface area contributed by atoms with Gasteiger partial charge in [0.1, 0.15) is 0 Å². The smallest absolute Gasteiger partial charge is 0.0476 e. The first-order valence-corrected chi connectivity index (χ1v) is 4.67. The van der Waals surface area contributed by atoms with E-state index in [2.05, 4.69) is 6.92 Å². The molecule has 9 heavy (non-hydrogen) atoms. The average Bonchev–Trinajstić information content (AvgIpc) is 2.63. The van der Waals surface area contributed by atoms with Crippen molar-refractivity contribution in [1.29, 1.82) is 0 Å². The lowest BCUT2D eigenvalue weighted by Gasteiger charge is -1.98. The van der Waals surface area contributed by atoms with E-state index >= 15 is 0 Å². The van der Waals surface area contributed by atoms with Crippen molar-refractivity contribution >= 4 is 11.8 Å². The molecule has 0 aromatic heterocycles. The van der Waals surface area contributed by atoms with Crippen molar-refractivity contribution in [2.75, 3.05) is 19.0 Å². The third-order valence-electron chi connectivity index (χ3n) is 1.33. The third kappa shape index (κ3) is 3.82. The summed E-state index contributed by atoms with van der Waals surface area (Å²) in [7, 11) is 0. The summed E-state index contributed by atoms with van der Waals surface area (Å²) in [4.78, 5) is 0. The average molecular weight is 146 g/mol. The molecule has 1 aliphatic heterocycles. The molecular weight excluding hydrogens is 132 g/mol. The van der Waals surface area contributed by atoms with Crippen LogP contribution < -0.4 is 0 Å². The highest BCUT2D eigenvalue weighted by Gasteiger charge is 2.21. The number of rotatable bonds is 5. The van der Waals surface area contributed by atoms with Gasteiger partial charge in [0.15, 0.2) is 0 Å². The second-order valence-electron chi connectivity index (χ2n) is 2.36. The Bertz CT molecular complexity index is 71.3. The third-order valence-corrected chi connectivity index (χ3v) is 2.38. The van der Waals surface area contributed by atoms with Gasteiger partial charge in [0.25, 0.3) is 0 Å². The Kier molecular flexibility index (Phi) is 3.44. The maximum atomic E-state index is 5.32. The normalized spacial score (nSPS) is 24.3. The van der Waals surface area contributed by atoms with Crippen LogP contribution in [0, 0.1) is 0 Å². The van der Waals surface area contributed by atoms with Crippen molar-refractivity contribution in [2.24, 2.45) is 0 Å². The Morgan fingerprint density at radius 1 is 1.56 bits per heavy atom. The van der Waals surface area contributed by atoms with Crippen LogP contribution in [0.15, 0.2) is 0 Å². The molecule has 0 saturated carbocycles. The first-order chi connectivity index (χ1) is 4.43. The van der Waals surface area contributed by atoms with Gasteiger partial charge in [-0.1, -0.05) is 6.92 Å². The van der Waals surface area contributed by atoms with Crippen molar-refractivity contribution in [2.45, 2.75) is 25.0 Å². The zero-order chi connectivity index (χ0) is 6.53. The second kappa shape index (κ2) is 4.18. The monoisotopic (exact) mass is 146 g/mol. The molecule has 0 aromatic carbocycles. The van der Waals surface area contributed by atoms with Gasteiger partial charge in [0.2, 0.25) is 0 Å². The zero-order valence-corrected chi connectivity index (χ0v) is 6.75. The van der Waals surface area contributed by atoms with Crippen LogP contribution in [-0.2, 0) is 4.74 Å². The molecule has 0 radical (unpaired) electrons. The minimum absolute atomic E-state index is 0.942. The minimum Gasteiger partial charge on any atom is -0.381 e. The van der Waals surface area contributed by atoms with Crippen molar-refractivity contribution in [1.82, 2.24) is 0 Å². The van der Waals surface area contributed by atoms with Gasteiger partial charge in [-0.25, -0.2) is 0 Å². The molecule has 0 amide bonds. The van der Waals surface area contributed by atoms with E-state index in [0.717, 1.165) is 24.9 Å². The fourth-order valence-electron chi connectivity index (χ4n) is 0.696. The SMILES string of the molecule is CCCOCCC1CS1. The Balaban J connectivity index is 1.71. The van der Waals surface area contributed by atoms with Gasteiger partial charge in [0, 0.05) is 24.2 Å². The highest BCUT2D eigenvalue weighted by molar-refractivity contribution is 8.06. The van der Waals surface area contributed by atoms with E-state index in [4.69, 9.17) is 4.74 Å². The molecule has 1 aliphatic rings. The van der Waals surface area contributed by atoms with Gasteiger partial charge in [-0.2, -0.15) is 11.8 Å². The summed E-state index contributed by atoms with van der Waals surface area (Å²) in [6.45, 7) is 4.06. The summed E-state index contributed by atoms with van der Waals surface area (Å²) in [6, 6.07) is 0. The van der Waals surface area contributed by atoms with Crippen LogP contribution in [0.1, 0.15) is 19.8 Å². The van der Waals surface area contributed by atoms with Gasteiger partial charge in [0.05, 0.1) is 0 Å². The number of ether oxygens (including phenoxy) is 1. The molecule has 1 unspecified atom stereocenters. The topological polar surface area (TPSA) is 9.23 Å². The molecule has 1 heterocycles. The number of hydrogen-bond donors (Lipinski definition) is 0. The first-order valence-electron chi connectivity index (χ1n) is 3.63. The number of thioether (sulfide) groups is 1. The fraction of sp³-hybridized carbons (Fsp3) is 1.00. The quantitative estimate of drug-likeness (QED) is 0.433. The minimum atomic E-state index is 0.942. The Morgan fingerprint density at radius 2 is 2.33 bits per heavy atom. The fourth-order valence-corrected chi connectivity index (χ4v) is 1.26. The summed E-state index contributed by atoms with van der Waals surface area (Å²) in [6.07, 6.45) is 2.42. The van der Waals surface area contributed by atoms with E-state index in [1.165, 1.54) is 12.2 Å². The van der Waals surface area contributed by atoms with Crippen LogP contribution in [0.2, 0.25) is 0 Å². The van der Waals surface area contributed by atoms with E-state index in [0.29, 0.717) is 0 Å². The van der Waals surface area contributed by atoms with Crippen LogP contribution in [-0.4, -0.2) is 24.2 Å². The van der Waals surface area contributed by atoms with Crippen molar-refractivity contribution in [3.05, 3.63) is 0 Å². The molecule has 54 valence electrons. The lowest BCUT2D eigenvalue weighted by Crippen LogP contribution is -1.97. The second-order valence-corrected chi connectivity index (χ2v) is 3.69. The first kappa shape index (κ1) is 7.42. The Labute approximate surface area is 61.2 Å². The molecule has 1 nitrogen and oxygen atoms in total. The Morgan fingerprint density at radius 3 is 2.89 bits per heavy atom. The van der Waals surface area contributed by atoms with E-state index < -0.39 is 0 Å². The summed E-state index contributed by atoms with van der Waals surface area (Å²) >= 11 is 2.05. The van der Waals surface area contributed by atoms with E-state index in [1.807, 2.05) is 11.8 Å². The van der Waals surface area contributed by atoms with Crippen LogP contribution in [0.3, 0.4) is 0 Å².